The molecule has 0 saturated carbocycles. The van der Waals surface area contributed by atoms with E-state index in [0.717, 1.165) is 19.3 Å². The molecule has 24 heavy (non-hydrogen) atoms. The molecule has 0 aromatic carbocycles. The summed E-state index contributed by atoms with van der Waals surface area (Å²) in [6.07, 6.45) is 17.1. The monoisotopic (exact) mass is 338 g/mol. The number of hydrogen-bond acceptors (Lipinski definition) is 1. The fourth-order valence-corrected chi connectivity index (χ4v) is 3.23. The number of rotatable bonds is 16. The van der Waals surface area contributed by atoms with E-state index in [0.29, 0.717) is 0 Å². The number of carbonyl (C=O) groups is 1. The first-order valence-corrected chi connectivity index (χ1v) is 10.4. The second-order valence-corrected chi connectivity index (χ2v) is 7.47. The van der Waals surface area contributed by atoms with Crippen LogP contribution in [-0.4, -0.2) is 11.1 Å². The summed E-state index contributed by atoms with van der Waals surface area (Å²) in [5, 5.41) is 9.03. The Kier molecular flexibility index (Phi) is 15.2. The first kappa shape index (κ1) is 23.2. The lowest BCUT2D eigenvalue weighted by Gasteiger charge is -2.10. The summed E-state index contributed by atoms with van der Waals surface area (Å²) < 4.78 is 0. The summed E-state index contributed by atoms with van der Waals surface area (Å²) >= 11 is 0. The number of unbranched alkanes of at least 4 members (excludes halogenated alkanes) is 8. The van der Waals surface area contributed by atoms with Gasteiger partial charge in [-0.15, -0.1) is 0 Å². The van der Waals surface area contributed by atoms with Crippen LogP contribution in [0.15, 0.2) is 11.1 Å². The van der Waals surface area contributed by atoms with Gasteiger partial charge in [0.1, 0.15) is 0 Å². The fourth-order valence-electron chi connectivity index (χ4n) is 3.23. The van der Waals surface area contributed by atoms with Crippen LogP contribution in [0, 0.1) is 5.92 Å². The Morgan fingerprint density at radius 2 is 1.21 bits per heavy atom. The molecule has 0 aromatic heterocycles. The lowest BCUT2D eigenvalue weighted by Crippen LogP contribution is -2.12. The summed E-state index contributed by atoms with van der Waals surface area (Å²) in [6.45, 7) is 8.84. The molecule has 1 atom stereocenters. The molecule has 142 valence electrons. The predicted molar refractivity (Wildman–Crippen MR) is 105 cm³/mol. The Labute approximate surface area is 151 Å². The van der Waals surface area contributed by atoms with Gasteiger partial charge in [-0.05, 0) is 52.4 Å². The van der Waals surface area contributed by atoms with Crippen LogP contribution >= 0.6 is 0 Å². The van der Waals surface area contributed by atoms with Crippen LogP contribution in [-0.2, 0) is 4.79 Å². The maximum Gasteiger partial charge on any atom is 0.306 e. The van der Waals surface area contributed by atoms with Gasteiger partial charge in [0.05, 0.1) is 5.92 Å². The number of carboxylic acid groups (broad SMARTS) is 1. The van der Waals surface area contributed by atoms with Gasteiger partial charge in [0.15, 0.2) is 0 Å². The lowest BCUT2D eigenvalue weighted by molar-refractivity contribution is -0.142. The van der Waals surface area contributed by atoms with Crippen LogP contribution in [0.2, 0.25) is 0 Å². The van der Waals surface area contributed by atoms with E-state index in [1.807, 2.05) is 6.92 Å². The zero-order valence-corrected chi connectivity index (χ0v) is 16.8. The van der Waals surface area contributed by atoms with Gasteiger partial charge in [-0.3, -0.25) is 4.79 Å². The molecule has 0 saturated heterocycles. The smallest absolute Gasteiger partial charge is 0.306 e. The quantitative estimate of drug-likeness (QED) is 0.233. The predicted octanol–water partition coefficient (Wildman–Crippen LogP) is 7.52. The molecule has 0 aliphatic heterocycles. The average Bonchev–Trinajstić information content (AvgIpc) is 2.56. The molecule has 0 aliphatic carbocycles. The van der Waals surface area contributed by atoms with Crippen molar-refractivity contribution in [3.63, 3.8) is 0 Å². The molecule has 0 fully saturated rings. The number of allylic oxidation sites excluding steroid dienone is 2. The molecule has 2 heteroatoms. The molecule has 0 aliphatic rings. The Morgan fingerprint density at radius 1 is 0.750 bits per heavy atom. The minimum Gasteiger partial charge on any atom is -0.481 e. The van der Waals surface area contributed by atoms with Crippen molar-refractivity contribution in [1.82, 2.24) is 0 Å². The van der Waals surface area contributed by atoms with Gasteiger partial charge in [-0.25, -0.2) is 0 Å². The van der Waals surface area contributed by atoms with Crippen LogP contribution in [0.1, 0.15) is 118 Å². The molecule has 0 aromatic rings. The molecule has 0 amide bonds. The standard InChI is InChI=1S/C22H42O2/c1-5-7-8-9-10-13-16-19(3)20(4)17-14-11-12-15-18-21(6-2)22(23)24/h21H,5-18H2,1-4H3,(H,23,24)/b20-19-. The zero-order chi connectivity index (χ0) is 18.2. The maximum absolute atomic E-state index is 11.0. The minimum absolute atomic E-state index is 0.133. The summed E-state index contributed by atoms with van der Waals surface area (Å²) in [6, 6.07) is 0. The van der Waals surface area contributed by atoms with Crippen molar-refractivity contribution < 1.29 is 9.90 Å². The van der Waals surface area contributed by atoms with Crippen molar-refractivity contribution in [2.45, 2.75) is 118 Å². The first-order chi connectivity index (χ1) is 11.5. The molecule has 0 radical (unpaired) electrons. The van der Waals surface area contributed by atoms with Gasteiger partial charge in [0.25, 0.3) is 0 Å². The number of hydrogen-bond donors (Lipinski definition) is 1. The van der Waals surface area contributed by atoms with Crippen molar-refractivity contribution in [1.29, 1.82) is 0 Å². The normalized spacial score (nSPS) is 13.7. The summed E-state index contributed by atoms with van der Waals surface area (Å²) in [4.78, 5) is 11.0. The number of carboxylic acids is 1. The summed E-state index contributed by atoms with van der Waals surface area (Å²) in [7, 11) is 0. The SMILES string of the molecule is CCCCCCCC/C(C)=C(/C)CCCCCCC(CC)C(=O)O. The number of aliphatic carboxylic acids is 1. The third-order valence-corrected chi connectivity index (χ3v) is 5.33. The maximum atomic E-state index is 11.0. The largest absolute Gasteiger partial charge is 0.481 e. The molecule has 0 bridgehead atoms. The van der Waals surface area contributed by atoms with Crippen LogP contribution in [0.3, 0.4) is 0 Å². The minimum atomic E-state index is -0.624. The van der Waals surface area contributed by atoms with E-state index in [1.54, 1.807) is 11.1 Å². The second-order valence-electron chi connectivity index (χ2n) is 7.47. The lowest BCUT2D eigenvalue weighted by atomic mass is 9.96. The van der Waals surface area contributed by atoms with Crippen LogP contribution in [0.25, 0.3) is 0 Å². The third kappa shape index (κ3) is 12.6. The van der Waals surface area contributed by atoms with E-state index in [-0.39, 0.29) is 5.92 Å². The van der Waals surface area contributed by atoms with Crippen molar-refractivity contribution in [2.75, 3.05) is 0 Å². The Balaban J connectivity index is 3.68. The van der Waals surface area contributed by atoms with Gasteiger partial charge < -0.3 is 5.11 Å². The van der Waals surface area contributed by atoms with E-state index in [2.05, 4.69) is 20.8 Å². The van der Waals surface area contributed by atoms with Gasteiger partial charge in [-0.1, -0.05) is 76.4 Å². The van der Waals surface area contributed by atoms with E-state index in [9.17, 15) is 4.79 Å². The Morgan fingerprint density at radius 3 is 1.67 bits per heavy atom. The Bertz CT molecular complexity index is 344. The highest BCUT2D eigenvalue weighted by Gasteiger charge is 2.13. The van der Waals surface area contributed by atoms with Crippen molar-refractivity contribution in [2.24, 2.45) is 5.92 Å². The van der Waals surface area contributed by atoms with Crippen molar-refractivity contribution >= 4 is 5.97 Å². The topological polar surface area (TPSA) is 37.3 Å². The van der Waals surface area contributed by atoms with Crippen LogP contribution in [0.4, 0.5) is 0 Å². The van der Waals surface area contributed by atoms with E-state index >= 15 is 0 Å². The Hall–Kier alpha value is -0.790. The van der Waals surface area contributed by atoms with E-state index in [1.165, 1.54) is 70.6 Å². The van der Waals surface area contributed by atoms with E-state index in [4.69, 9.17) is 5.11 Å². The summed E-state index contributed by atoms with van der Waals surface area (Å²) in [5.41, 5.74) is 3.18. The fraction of sp³-hybridized carbons (Fsp3) is 0.864. The second kappa shape index (κ2) is 15.7. The average molecular weight is 339 g/mol. The zero-order valence-electron chi connectivity index (χ0n) is 16.8. The molecular weight excluding hydrogens is 296 g/mol. The van der Waals surface area contributed by atoms with Gasteiger partial charge in [-0.2, -0.15) is 0 Å². The molecule has 0 spiro atoms. The highest BCUT2D eigenvalue weighted by atomic mass is 16.4. The molecule has 1 N–H and O–H groups in total. The molecule has 1 unspecified atom stereocenters. The van der Waals surface area contributed by atoms with Crippen LogP contribution < -0.4 is 0 Å². The van der Waals surface area contributed by atoms with Gasteiger partial charge in [0, 0.05) is 0 Å². The molecule has 0 heterocycles. The van der Waals surface area contributed by atoms with Crippen LogP contribution in [0.5, 0.6) is 0 Å². The molecule has 0 rings (SSSR count). The molecule has 2 nitrogen and oxygen atoms in total. The van der Waals surface area contributed by atoms with Gasteiger partial charge >= 0.3 is 5.97 Å². The first-order valence-electron chi connectivity index (χ1n) is 10.4. The van der Waals surface area contributed by atoms with Crippen molar-refractivity contribution in [3.8, 4) is 0 Å². The van der Waals surface area contributed by atoms with Gasteiger partial charge in [0.2, 0.25) is 0 Å². The van der Waals surface area contributed by atoms with E-state index < -0.39 is 5.97 Å². The third-order valence-electron chi connectivity index (χ3n) is 5.33. The summed E-state index contributed by atoms with van der Waals surface area (Å²) in [5.74, 6) is -0.757. The highest BCUT2D eigenvalue weighted by molar-refractivity contribution is 5.69. The highest BCUT2D eigenvalue weighted by Crippen LogP contribution is 2.20. The molecular formula is C22H42O2. The van der Waals surface area contributed by atoms with Crippen molar-refractivity contribution in [3.05, 3.63) is 11.1 Å².